The second-order valence-electron chi connectivity index (χ2n) is 4.81. The van der Waals surface area contributed by atoms with E-state index in [0.717, 1.165) is 25.4 Å². The molecule has 0 radical (unpaired) electrons. The van der Waals surface area contributed by atoms with Gasteiger partial charge in [-0.3, -0.25) is 4.79 Å². The highest BCUT2D eigenvalue weighted by atomic mass is 35.5. The first-order valence-electron chi connectivity index (χ1n) is 6.71. The molecule has 1 aromatic heterocycles. The molecule has 2 rings (SSSR count). The van der Waals surface area contributed by atoms with Crippen LogP contribution in [0.15, 0.2) is 22.8 Å². The zero-order valence-corrected chi connectivity index (χ0v) is 11.9. The zero-order chi connectivity index (χ0) is 12.6. The molecule has 0 aromatic carbocycles. The molecule has 1 saturated heterocycles. The molecule has 1 aliphatic heterocycles. The van der Waals surface area contributed by atoms with Crippen LogP contribution < -0.4 is 5.32 Å². The van der Waals surface area contributed by atoms with Gasteiger partial charge in [0.15, 0.2) is 5.76 Å². The Morgan fingerprint density at radius 1 is 1.53 bits per heavy atom. The van der Waals surface area contributed by atoms with E-state index in [-0.39, 0.29) is 24.8 Å². The molecule has 1 fully saturated rings. The second kappa shape index (κ2) is 9.13. The lowest BCUT2D eigenvalue weighted by Crippen LogP contribution is -2.29. The van der Waals surface area contributed by atoms with Crippen molar-refractivity contribution in [3.63, 3.8) is 0 Å². The Balaban J connectivity index is 0.00000180. The number of Topliss-reactive ketones (excluding diaryl/α,β-unsaturated/α-hetero) is 1. The van der Waals surface area contributed by atoms with Gasteiger partial charge in [-0.15, -0.1) is 12.4 Å². The number of rotatable bonds is 7. The van der Waals surface area contributed by atoms with E-state index in [9.17, 15) is 4.79 Å². The quantitative estimate of drug-likeness (QED) is 0.619. The van der Waals surface area contributed by atoms with Crippen LogP contribution >= 0.6 is 12.4 Å². The van der Waals surface area contributed by atoms with Crippen molar-refractivity contribution in [2.75, 3.05) is 26.3 Å². The molecule has 1 aliphatic rings. The maximum atomic E-state index is 11.5. The van der Waals surface area contributed by atoms with Crippen molar-refractivity contribution in [1.29, 1.82) is 0 Å². The van der Waals surface area contributed by atoms with Crippen LogP contribution in [0.25, 0.3) is 0 Å². The predicted molar refractivity (Wildman–Crippen MR) is 75.9 cm³/mol. The van der Waals surface area contributed by atoms with Crippen LogP contribution in [0.1, 0.15) is 36.2 Å². The molecule has 1 aromatic rings. The maximum absolute atomic E-state index is 11.5. The van der Waals surface area contributed by atoms with Gasteiger partial charge in [0.2, 0.25) is 5.78 Å². The second-order valence-corrected chi connectivity index (χ2v) is 4.81. The molecule has 0 saturated carbocycles. The van der Waals surface area contributed by atoms with Crippen molar-refractivity contribution in [2.45, 2.75) is 25.7 Å². The molecule has 1 N–H and O–H groups in total. The number of ether oxygens (including phenoxy) is 1. The average Bonchev–Trinajstić information content (AvgIpc) is 2.93. The molecule has 2 heterocycles. The van der Waals surface area contributed by atoms with Gasteiger partial charge in [0.25, 0.3) is 0 Å². The standard InChI is InChI=1S/C14H21NO3.ClH/c16-13(14-6-3-9-18-14)11-17-8-2-5-12-4-1-7-15-10-12;/h3,6,9,12,15H,1-2,4-5,7-8,10-11H2;1H. The monoisotopic (exact) mass is 287 g/mol. The molecule has 0 spiro atoms. The lowest BCUT2D eigenvalue weighted by Gasteiger charge is -2.22. The Hall–Kier alpha value is -0.840. The van der Waals surface area contributed by atoms with Crippen molar-refractivity contribution in [3.05, 3.63) is 24.2 Å². The lowest BCUT2D eigenvalue weighted by atomic mass is 9.95. The first-order valence-corrected chi connectivity index (χ1v) is 6.71. The highest BCUT2D eigenvalue weighted by molar-refractivity contribution is 5.94. The van der Waals surface area contributed by atoms with E-state index in [1.165, 1.54) is 25.5 Å². The van der Waals surface area contributed by atoms with Crippen molar-refractivity contribution in [1.82, 2.24) is 5.32 Å². The Labute approximate surface area is 120 Å². The molecular weight excluding hydrogens is 266 g/mol. The Morgan fingerprint density at radius 3 is 3.11 bits per heavy atom. The zero-order valence-electron chi connectivity index (χ0n) is 11.1. The van der Waals surface area contributed by atoms with Gasteiger partial charge in [0.1, 0.15) is 6.61 Å². The molecule has 19 heavy (non-hydrogen) atoms. The molecular formula is C14H22ClNO3. The van der Waals surface area contributed by atoms with E-state index in [0.29, 0.717) is 12.4 Å². The average molecular weight is 288 g/mol. The largest absolute Gasteiger partial charge is 0.461 e. The number of piperidine rings is 1. The first-order chi connectivity index (χ1) is 8.86. The minimum Gasteiger partial charge on any atom is -0.461 e. The topological polar surface area (TPSA) is 51.5 Å². The van der Waals surface area contributed by atoms with Gasteiger partial charge >= 0.3 is 0 Å². The van der Waals surface area contributed by atoms with Gasteiger partial charge in [-0.1, -0.05) is 0 Å². The summed E-state index contributed by atoms with van der Waals surface area (Å²) in [6, 6.07) is 3.38. The van der Waals surface area contributed by atoms with E-state index in [2.05, 4.69) is 5.32 Å². The predicted octanol–water partition coefficient (Wildman–Crippen LogP) is 2.68. The molecule has 108 valence electrons. The van der Waals surface area contributed by atoms with E-state index < -0.39 is 0 Å². The Kier molecular flexibility index (Phi) is 7.79. The van der Waals surface area contributed by atoms with Gasteiger partial charge < -0.3 is 14.5 Å². The smallest absolute Gasteiger partial charge is 0.223 e. The summed E-state index contributed by atoms with van der Waals surface area (Å²) in [5.41, 5.74) is 0. The maximum Gasteiger partial charge on any atom is 0.223 e. The van der Waals surface area contributed by atoms with E-state index >= 15 is 0 Å². The molecule has 0 amide bonds. The lowest BCUT2D eigenvalue weighted by molar-refractivity contribution is 0.0719. The number of halogens is 1. The highest BCUT2D eigenvalue weighted by Gasteiger charge is 2.12. The molecule has 0 aliphatic carbocycles. The van der Waals surface area contributed by atoms with Gasteiger partial charge in [-0.25, -0.2) is 0 Å². The molecule has 5 heteroatoms. The van der Waals surface area contributed by atoms with Crippen LogP contribution in [0.3, 0.4) is 0 Å². The van der Waals surface area contributed by atoms with E-state index in [1.54, 1.807) is 12.1 Å². The number of hydrogen-bond donors (Lipinski definition) is 1. The van der Waals surface area contributed by atoms with Crippen molar-refractivity contribution in [3.8, 4) is 0 Å². The van der Waals surface area contributed by atoms with E-state index in [1.807, 2.05) is 0 Å². The number of hydrogen-bond acceptors (Lipinski definition) is 4. The number of carbonyl (C=O) groups excluding carboxylic acids is 1. The molecule has 4 nitrogen and oxygen atoms in total. The van der Waals surface area contributed by atoms with Crippen molar-refractivity contribution < 1.29 is 13.9 Å². The normalized spacial score (nSPS) is 18.8. The molecule has 1 atom stereocenters. The summed E-state index contributed by atoms with van der Waals surface area (Å²) in [6.45, 7) is 3.06. The summed E-state index contributed by atoms with van der Waals surface area (Å²) < 4.78 is 10.4. The Bertz CT molecular complexity index is 348. The first kappa shape index (κ1) is 16.2. The van der Waals surface area contributed by atoms with Gasteiger partial charge in [0, 0.05) is 6.61 Å². The molecule has 1 unspecified atom stereocenters. The highest BCUT2D eigenvalue weighted by Crippen LogP contribution is 2.15. The van der Waals surface area contributed by atoms with Crippen molar-refractivity contribution >= 4 is 18.2 Å². The summed E-state index contributed by atoms with van der Waals surface area (Å²) in [6.07, 6.45) is 6.31. The summed E-state index contributed by atoms with van der Waals surface area (Å²) >= 11 is 0. The number of carbonyl (C=O) groups is 1. The fourth-order valence-corrected chi connectivity index (χ4v) is 2.32. The van der Waals surface area contributed by atoms with Crippen LogP contribution in [-0.4, -0.2) is 32.1 Å². The summed E-state index contributed by atoms with van der Waals surface area (Å²) in [4.78, 5) is 11.5. The SMILES string of the molecule is Cl.O=C(COCCCC1CCCNC1)c1ccco1. The number of nitrogens with one attached hydrogen (secondary N) is 1. The minimum atomic E-state index is -0.0840. The van der Waals surface area contributed by atoms with Gasteiger partial charge in [0.05, 0.1) is 6.26 Å². The fraction of sp³-hybridized carbons (Fsp3) is 0.643. The van der Waals surface area contributed by atoms with Gasteiger partial charge in [-0.2, -0.15) is 0 Å². The Morgan fingerprint density at radius 2 is 2.42 bits per heavy atom. The van der Waals surface area contributed by atoms with Gasteiger partial charge in [-0.05, 0) is 56.8 Å². The van der Waals surface area contributed by atoms with Crippen LogP contribution in [0.5, 0.6) is 0 Å². The number of ketones is 1. The van der Waals surface area contributed by atoms with Crippen molar-refractivity contribution in [2.24, 2.45) is 5.92 Å². The third-order valence-corrected chi connectivity index (χ3v) is 3.33. The number of furan rings is 1. The fourth-order valence-electron chi connectivity index (χ4n) is 2.32. The summed E-state index contributed by atoms with van der Waals surface area (Å²) in [5.74, 6) is 1.08. The van der Waals surface area contributed by atoms with Crippen LogP contribution in [0.4, 0.5) is 0 Å². The van der Waals surface area contributed by atoms with Crippen LogP contribution in [-0.2, 0) is 4.74 Å². The summed E-state index contributed by atoms with van der Waals surface area (Å²) in [7, 11) is 0. The van der Waals surface area contributed by atoms with Crippen LogP contribution in [0.2, 0.25) is 0 Å². The molecule has 0 bridgehead atoms. The summed E-state index contributed by atoms with van der Waals surface area (Å²) in [5, 5.41) is 3.41. The van der Waals surface area contributed by atoms with E-state index in [4.69, 9.17) is 9.15 Å². The third kappa shape index (κ3) is 5.76. The minimum absolute atomic E-state index is 0. The van der Waals surface area contributed by atoms with Crippen LogP contribution in [0, 0.1) is 5.92 Å². The third-order valence-electron chi connectivity index (χ3n) is 3.33.